The lowest BCUT2D eigenvalue weighted by atomic mass is 9.87. The maximum absolute atomic E-state index is 6.32. The van der Waals surface area contributed by atoms with Crippen LogP contribution in [0.3, 0.4) is 0 Å². The Morgan fingerprint density at radius 1 is 0.364 bits per heavy atom. The monoisotopic (exact) mass is 420 g/mol. The van der Waals surface area contributed by atoms with Crippen LogP contribution in [0.5, 0.6) is 11.5 Å². The van der Waals surface area contributed by atoms with Gasteiger partial charge in [0.2, 0.25) is 0 Å². The second-order valence-electron chi connectivity index (χ2n) is 8.51. The molecule has 6 aromatic rings. The van der Waals surface area contributed by atoms with Crippen LogP contribution >= 0.6 is 0 Å². The number of hydrogen-bond donors (Lipinski definition) is 0. The predicted molar refractivity (Wildman–Crippen MR) is 138 cm³/mol. The normalized spacial score (nSPS) is 11.9. The van der Waals surface area contributed by atoms with Crippen molar-refractivity contribution < 1.29 is 4.74 Å². The molecule has 6 aromatic carbocycles. The van der Waals surface area contributed by atoms with E-state index in [1.165, 1.54) is 49.4 Å². The van der Waals surface area contributed by atoms with Crippen LogP contribution in [0.25, 0.3) is 54.9 Å². The molecule has 0 N–H and O–H groups in total. The van der Waals surface area contributed by atoms with Gasteiger partial charge in [-0.2, -0.15) is 0 Å². The number of rotatable bonds is 2. The van der Waals surface area contributed by atoms with Crippen molar-refractivity contribution in [3.8, 4) is 44.9 Å². The van der Waals surface area contributed by atoms with Gasteiger partial charge in [0, 0.05) is 10.9 Å². The molecule has 1 heteroatoms. The molecule has 0 saturated carbocycles. The van der Waals surface area contributed by atoms with E-state index in [0.717, 1.165) is 17.1 Å². The Labute approximate surface area is 192 Å². The van der Waals surface area contributed by atoms with Crippen LogP contribution in [-0.2, 0) is 0 Å². The first-order valence-corrected chi connectivity index (χ1v) is 11.3. The van der Waals surface area contributed by atoms with Crippen molar-refractivity contribution >= 4 is 21.5 Å². The van der Waals surface area contributed by atoms with Crippen LogP contribution in [0.4, 0.5) is 0 Å². The molecule has 0 amide bonds. The fourth-order valence-corrected chi connectivity index (χ4v) is 5.24. The average Bonchev–Trinajstić information content (AvgIpc) is 2.89. The fraction of sp³-hybridized carbons (Fsp3) is 0. The third kappa shape index (κ3) is 2.73. The lowest BCUT2D eigenvalue weighted by Crippen LogP contribution is -1.97. The summed E-state index contributed by atoms with van der Waals surface area (Å²) in [6.45, 7) is 0. The minimum atomic E-state index is 0.918. The Balaban J connectivity index is 1.57. The van der Waals surface area contributed by atoms with Gasteiger partial charge in [-0.25, -0.2) is 0 Å². The molecular formula is C32H20O. The summed E-state index contributed by atoms with van der Waals surface area (Å²) in [5, 5.41) is 4.93. The standard InChI is InChI=1S/C32H20O/c1-2-9-21(10-3-1)23-14-6-11-22-12-7-15-26(31(22)23)24-19-20-30-32-27(24)16-8-17-28(32)25-13-4-5-18-29(25)33-30/h1-20H. The molecule has 0 radical (unpaired) electrons. The van der Waals surface area contributed by atoms with E-state index in [1.54, 1.807) is 0 Å². The van der Waals surface area contributed by atoms with Gasteiger partial charge in [0.25, 0.3) is 0 Å². The van der Waals surface area contributed by atoms with Gasteiger partial charge in [-0.05, 0) is 56.1 Å². The molecular weight excluding hydrogens is 400 g/mol. The van der Waals surface area contributed by atoms with Crippen LogP contribution in [0.15, 0.2) is 121 Å². The van der Waals surface area contributed by atoms with E-state index in [1.807, 2.05) is 12.1 Å². The van der Waals surface area contributed by atoms with Gasteiger partial charge in [0.05, 0.1) is 0 Å². The molecule has 0 saturated heterocycles. The molecule has 1 nitrogen and oxygen atoms in total. The lowest BCUT2D eigenvalue weighted by molar-refractivity contribution is 0.487. The molecule has 0 aromatic heterocycles. The molecule has 154 valence electrons. The van der Waals surface area contributed by atoms with E-state index in [2.05, 4.69) is 109 Å². The van der Waals surface area contributed by atoms with Crippen molar-refractivity contribution in [1.82, 2.24) is 0 Å². The van der Waals surface area contributed by atoms with Crippen LogP contribution in [0, 0.1) is 0 Å². The summed E-state index contributed by atoms with van der Waals surface area (Å²) in [6.07, 6.45) is 0. The average molecular weight is 421 g/mol. The molecule has 0 aliphatic carbocycles. The molecule has 0 atom stereocenters. The molecule has 0 fully saturated rings. The second kappa shape index (κ2) is 7.08. The molecule has 0 unspecified atom stereocenters. The second-order valence-corrected chi connectivity index (χ2v) is 8.51. The molecule has 1 aliphatic heterocycles. The Bertz CT molecular complexity index is 1670. The number of para-hydroxylation sites is 1. The van der Waals surface area contributed by atoms with Crippen LogP contribution in [-0.4, -0.2) is 0 Å². The first-order valence-electron chi connectivity index (χ1n) is 11.3. The SMILES string of the molecule is c1ccc(-c2cccc3cccc(-c4ccc5c6c(cccc46)-c4ccccc4O5)c23)cc1. The maximum Gasteiger partial charge on any atom is 0.135 e. The molecule has 0 bridgehead atoms. The Morgan fingerprint density at radius 3 is 1.88 bits per heavy atom. The third-order valence-corrected chi connectivity index (χ3v) is 6.68. The number of fused-ring (bicyclic) bond motifs is 3. The van der Waals surface area contributed by atoms with E-state index >= 15 is 0 Å². The summed E-state index contributed by atoms with van der Waals surface area (Å²) in [5.41, 5.74) is 7.34. The fourth-order valence-electron chi connectivity index (χ4n) is 5.24. The van der Waals surface area contributed by atoms with Crippen LogP contribution in [0.2, 0.25) is 0 Å². The first-order chi connectivity index (χ1) is 16.4. The summed E-state index contributed by atoms with van der Waals surface area (Å²) in [7, 11) is 0. The van der Waals surface area contributed by atoms with Gasteiger partial charge < -0.3 is 4.74 Å². The molecule has 33 heavy (non-hydrogen) atoms. The van der Waals surface area contributed by atoms with Crippen molar-refractivity contribution in [2.45, 2.75) is 0 Å². The molecule has 7 rings (SSSR count). The zero-order chi connectivity index (χ0) is 21.8. The van der Waals surface area contributed by atoms with Crippen molar-refractivity contribution in [3.05, 3.63) is 121 Å². The van der Waals surface area contributed by atoms with E-state index in [-0.39, 0.29) is 0 Å². The topological polar surface area (TPSA) is 9.23 Å². The number of hydrogen-bond acceptors (Lipinski definition) is 1. The van der Waals surface area contributed by atoms with Gasteiger partial charge in [-0.1, -0.05) is 109 Å². The summed E-state index contributed by atoms with van der Waals surface area (Å²) in [4.78, 5) is 0. The Hall–Kier alpha value is -4.36. The summed E-state index contributed by atoms with van der Waals surface area (Å²) in [5.74, 6) is 1.84. The minimum absolute atomic E-state index is 0.918. The van der Waals surface area contributed by atoms with Crippen molar-refractivity contribution in [2.75, 3.05) is 0 Å². The first kappa shape index (κ1) is 18.2. The minimum Gasteiger partial charge on any atom is -0.456 e. The number of ether oxygens (including phenoxy) is 1. The summed E-state index contributed by atoms with van der Waals surface area (Å²) >= 11 is 0. The highest BCUT2D eigenvalue weighted by molar-refractivity contribution is 6.15. The summed E-state index contributed by atoms with van der Waals surface area (Å²) < 4.78 is 6.32. The molecule has 1 aliphatic rings. The van der Waals surface area contributed by atoms with Crippen molar-refractivity contribution in [2.24, 2.45) is 0 Å². The largest absolute Gasteiger partial charge is 0.456 e. The van der Waals surface area contributed by atoms with Crippen LogP contribution in [0.1, 0.15) is 0 Å². The number of benzene rings is 6. The highest BCUT2D eigenvalue weighted by Gasteiger charge is 2.22. The highest BCUT2D eigenvalue weighted by Crippen LogP contribution is 2.49. The van der Waals surface area contributed by atoms with Crippen molar-refractivity contribution in [1.29, 1.82) is 0 Å². The van der Waals surface area contributed by atoms with Gasteiger partial charge in [0.15, 0.2) is 0 Å². The predicted octanol–water partition coefficient (Wildman–Crippen LogP) is 9.10. The Kier molecular flexibility index (Phi) is 3.91. The van der Waals surface area contributed by atoms with E-state index in [0.29, 0.717) is 0 Å². The Morgan fingerprint density at radius 2 is 1.03 bits per heavy atom. The lowest BCUT2D eigenvalue weighted by Gasteiger charge is -2.23. The smallest absolute Gasteiger partial charge is 0.135 e. The van der Waals surface area contributed by atoms with Gasteiger partial charge in [-0.15, -0.1) is 0 Å². The van der Waals surface area contributed by atoms with Crippen LogP contribution < -0.4 is 4.74 Å². The molecule has 0 spiro atoms. The van der Waals surface area contributed by atoms with Gasteiger partial charge in [-0.3, -0.25) is 0 Å². The van der Waals surface area contributed by atoms with Crippen molar-refractivity contribution in [3.63, 3.8) is 0 Å². The van der Waals surface area contributed by atoms with E-state index in [4.69, 9.17) is 4.74 Å². The summed E-state index contributed by atoms with van der Waals surface area (Å²) in [6, 6.07) is 43.1. The van der Waals surface area contributed by atoms with E-state index in [9.17, 15) is 0 Å². The van der Waals surface area contributed by atoms with Gasteiger partial charge >= 0.3 is 0 Å². The zero-order valence-electron chi connectivity index (χ0n) is 18.0. The third-order valence-electron chi connectivity index (χ3n) is 6.68. The maximum atomic E-state index is 6.32. The zero-order valence-corrected chi connectivity index (χ0v) is 18.0. The van der Waals surface area contributed by atoms with E-state index < -0.39 is 0 Å². The highest BCUT2D eigenvalue weighted by atomic mass is 16.5. The quantitative estimate of drug-likeness (QED) is 0.271. The van der Waals surface area contributed by atoms with Gasteiger partial charge in [0.1, 0.15) is 11.5 Å². The molecule has 1 heterocycles.